The van der Waals surface area contributed by atoms with E-state index in [2.05, 4.69) is 71.8 Å². The standard InChI is InChI=1S/C37H32N4O2.Na/c1-36(21-22-38)32(41(23-20-33(42)43)30-19-17-26-11-6-8-13-28(26)35(30)36)15-9-14-31-37(2,24-39-3)34-27-12-7-5-10-25(27)16-18-29(34)40(31)4;/h5-19H,20-21,23-24H2,1-2,4H3;/q;+1. The Morgan fingerprint density at radius 3 is 2.27 bits per heavy atom. The zero-order valence-corrected chi connectivity index (χ0v) is 27.6. The van der Waals surface area contributed by atoms with E-state index in [1.54, 1.807) is 0 Å². The predicted octanol–water partition coefficient (Wildman–Crippen LogP) is 3.17. The summed E-state index contributed by atoms with van der Waals surface area (Å²) >= 11 is 0. The summed E-state index contributed by atoms with van der Waals surface area (Å²) in [5, 5.41) is 26.0. The molecule has 0 bridgehead atoms. The molecule has 2 aliphatic heterocycles. The first-order chi connectivity index (χ1) is 20.7. The first kappa shape index (κ1) is 31.2. The zero-order chi connectivity index (χ0) is 30.4. The number of carbonyl (C=O) groups excluding carboxylic acids is 1. The second-order valence-corrected chi connectivity index (χ2v) is 11.8. The fourth-order valence-electron chi connectivity index (χ4n) is 7.27. The van der Waals surface area contributed by atoms with E-state index < -0.39 is 16.8 Å². The molecule has 4 aromatic rings. The number of aliphatic carboxylic acids is 1. The molecular weight excluding hydrogens is 555 g/mol. The van der Waals surface area contributed by atoms with Crippen molar-refractivity contribution in [2.75, 3.05) is 25.0 Å². The maximum Gasteiger partial charge on any atom is 1.00 e. The molecule has 0 aliphatic carbocycles. The van der Waals surface area contributed by atoms with E-state index in [1.807, 2.05) is 60.5 Å². The Morgan fingerprint density at radius 1 is 1.00 bits per heavy atom. The Morgan fingerprint density at radius 2 is 1.64 bits per heavy atom. The van der Waals surface area contributed by atoms with E-state index in [-0.39, 0.29) is 48.9 Å². The molecule has 7 heteroatoms. The number of carboxylic acids is 1. The van der Waals surface area contributed by atoms with Crippen molar-refractivity contribution in [2.45, 2.75) is 37.5 Å². The van der Waals surface area contributed by atoms with Gasteiger partial charge in [-0.1, -0.05) is 60.7 Å². The van der Waals surface area contributed by atoms with Crippen molar-refractivity contribution in [1.29, 1.82) is 5.26 Å². The van der Waals surface area contributed by atoms with Crippen LogP contribution in [0.1, 0.15) is 37.8 Å². The molecule has 0 amide bonds. The third-order valence-corrected chi connectivity index (χ3v) is 9.23. The van der Waals surface area contributed by atoms with Gasteiger partial charge in [0, 0.05) is 47.9 Å². The third kappa shape index (κ3) is 4.84. The van der Waals surface area contributed by atoms with Gasteiger partial charge in [0.25, 0.3) is 0 Å². The molecule has 44 heavy (non-hydrogen) atoms. The number of hydrogen-bond acceptors (Lipinski definition) is 4. The summed E-state index contributed by atoms with van der Waals surface area (Å²) in [6, 6.07) is 27.1. The molecule has 2 atom stereocenters. The Hall–Kier alpha value is -4.20. The minimum Gasteiger partial charge on any atom is -0.550 e. The predicted molar refractivity (Wildman–Crippen MR) is 169 cm³/mol. The molecule has 0 aromatic heterocycles. The minimum atomic E-state index is -1.12. The van der Waals surface area contributed by atoms with Gasteiger partial charge in [0.05, 0.1) is 18.1 Å². The summed E-state index contributed by atoms with van der Waals surface area (Å²) in [5.74, 6) is -1.12. The van der Waals surface area contributed by atoms with Crippen molar-refractivity contribution in [2.24, 2.45) is 0 Å². The van der Waals surface area contributed by atoms with Crippen LogP contribution in [0.5, 0.6) is 0 Å². The minimum absolute atomic E-state index is 0. The van der Waals surface area contributed by atoms with Gasteiger partial charge in [-0.25, -0.2) is 6.57 Å². The molecule has 6 nitrogen and oxygen atoms in total. The zero-order valence-electron chi connectivity index (χ0n) is 25.6. The van der Waals surface area contributed by atoms with Crippen molar-refractivity contribution in [3.8, 4) is 6.07 Å². The largest absolute Gasteiger partial charge is 1.00 e. The molecule has 0 saturated heterocycles. The molecule has 0 N–H and O–H groups in total. The average Bonchev–Trinajstić information content (AvgIpc) is 3.36. The molecule has 4 aromatic carbocycles. The van der Waals surface area contributed by atoms with Gasteiger partial charge in [-0.2, -0.15) is 9.84 Å². The molecule has 2 heterocycles. The van der Waals surface area contributed by atoms with Crippen LogP contribution in [0.2, 0.25) is 0 Å². The van der Waals surface area contributed by atoms with Crippen molar-refractivity contribution in [3.05, 3.63) is 119 Å². The fourth-order valence-corrected chi connectivity index (χ4v) is 7.27. The summed E-state index contributed by atoms with van der Waals surface area (Å²) in [6.45, 7) is 12.6. The second kappa shape index (κ2) is 12.1. The van der Waals surface area contributed by atoms with Crippen LogP contribution in [0.15, 0.2) is 96.7 Å². The van der Waals surface area contributed by atoms with Crippen LogP contribution in [0, 0.1) is 17.9 Å². The van der Waals surface area contributed by atoms with E-state index in [0.717, 1.165) is 55.5 Å². The summed E-state index contributed by atoms with van der Waals surface area (Å²) in [5.41, 5.74) is 4.88. The second-order valence-electron chi connectivity index (χ2n) is 11.8. The van der Waals surface area contributed by atoms with Crippen molar-refractivity contribution < 1.29 is 44.0 Å². The van der Waals surface area contributed by atoms with Crippen LogP contribution in [0.4, 0.5) is 11.4 Å². The van der Waals surface area contributed by atoms with Gasteiger partial charge in [-0.3, -0.25) is 0 Å². The van der Waals surface area contributed by atoms with Gasteiger partial charge in [0.15, 0.2) is 11.1 Å². The Labute approximate surface area is 280 Å². The number of benzene rings is 4. The van der Waals surface area contributed by atoms with Crippen LogP contribution in [-0.2, 0) is 15.6 Å². The summed E-state index contributed by atoms with van der Waals surface area (Å²) in [4.78, 5) is 17.5. The quantitative estimate of drug-likeness (QED) is 0.189. The van der Waals surface area contributed by atoms with Crippen molar-refractivity contribution in [3.63, 3.8) is 0 Å². The molecule has 6 rings (SSSR count). The maximum absolute atomic E-state index is 11.6. The molecule has 0 fully saturated rings. The number of nitriles is 1. The molecule has 2 unspecified atom stereocenters. The summed E-state index contributed by atoms with van der Waals surface area (Å²) in [7, 11) is 2.04. The topological polar surface area (TPSA) is 74.5 Å². The molecule has 2 aliphatic rings. The number of hydrogen-bond donors (Lipinski definition) is 0. The van der Waals surface area contributed by atoms with Gasteiger partial charge >= 0.3 is 29.6 Å². The van der Waals surface area contributed by atoms with E-state index in [9.17, 15) is 15.2 Å². The normalized spacial score (nSPS) is 21.4. The van der Waals surface area contributed by atoms with Crippen LogP contribution in [0.25, 0.3) is 26.4 Å². The molecular formula is C37H32N4NaO2+. The number of allylic oxidation sites excluding steroid dienone is 4. The van der Waals surface area contributed by atoms with Crippen LogP contribution in [-0.4, -0.2) is 36.4 Å². The van der Waals surface area contributed by atoms with Gasteiger partial charge in [0.2, 0.25) is 12.2 Å². The number of anilines is 1. The molecule has 0 saturated carbocycles. The van der Waals surface area contributed by atoms with E-state index in [0.29, 0.717) is 6.54 Å². The first-order valence-electron chi connectivity index (χ1n) is 14.5. The fraction of sp³-hybridized carbons (Fsp3) is 0.243. The third-order valence-electron chi connectivity index (χ3n) is 9.23. The summed E-state index contributed by atoms with van der Waals surface area (Å²) < 4.78 is 2.17. The number of rotatable bonds is 7. The van der Waals surface area contributed by atoms with Crippen molar-refractivity contribution >= 4 is 44.6 Å². The summed E-state index contributed by atoms with van der Waals surface area (Å²) in [6.07, 6.45) is 6.17. The Bertz CT molecular complexity index is 2000. The number of fused-ring (bicyclic) bond motifs is 6. The van der Waals surface area contributed by atoms with Crippen LogP contribution in [0.3, 0.4) is 0 Å². The molecule has 0 radical (unpaired) electrons. The SMILES string of the molecule is [C-]#[N+]CC1(C)C(/C=C/C=C2/N(CCC(=O)[O-])c3ccc4ccccc4c3C2(C)CC#N)=[N+](C)c2ccc3ccccc3c21.[Na+]. The monoisotopic (exact) mass is 587 g/mol. The van der Waals surface area contributed by atoms with Gasteiger partial charge in [0.1, 0.15) is 7.05 Å². The van der Waals surface area contributed by atoms with Gasteiger partial charge in [-0.05, 0) is 59.2 Å². The van der Waals surface area contributed by atoms with Gasteiger partial charge in [-0.15, -0.1) is 0 Å². The average molecular weight is 588 g/mol. The van der Waals surface area contributed by atoms with Crippen molar-refractivity contribution in [1.82, 2.24) is 0 Å². The van der Waals surface area contributed by atoms with Gasteiger partial charge < -0.3 is 19.6 Å². The Balaban J connectivity index is 0.00000384. The van der Waals surface area contributed by atoms with E-state index in [1.165, 1.54) is 0 Å². The number of carbonyl (C=O) groups is 1. The first-order valence-corrected chi connectivity index (χ1v) is 14.5. The Kier molecular flexibility index (Phi) is 8.56. The molecule has 0 spiro atoms. The number of nitrogens with zero attached hydrogens (tertiary/aromatic N) is 4. The van der Waals surface area contributed by atoms with Crippen LogP contribution < -0.4 is 39.6 Å². The number of carboxylic acid groups (broad SMARTS) is 1. The van der Waals surface area contributed by atoms with E-state index >= 15 is 0 Å². The van der Waals surface area contributed by atoms with Crippen LogP contribution >= 0.6 is 0 Å². The van der Waals surface area contributed by atoms with E-state index in [4.69, 9.17) is 6.57 Å². The molecule has 212 valence electrons. The smallest absolute Gasteiger partial charge is 0.550 e. The maximum atomic E-state index is 11.6.